The molecule has 0 aliphatic heterocycles. The smallest absolute Gasteiger partial charge is 0.490 e. The fraction of sp³-hybridized carbons (Fsp3) is 0.0952. The second-order valence-corrected chi connectivity index (χ2v) is 6.11. The van der Waals surface area contributed by atoms with Crippen molar-refractivity contribution in [3.05, 3.63) is 101 Å². The van der Waals surface area contributed by atoms with E-state index in [4.69, 9.17) is 0 Å². The molecule has 0 unspecified atom stereocenters. The summed E-state index contributed by atoms with van der Waals surface area (Å²) in [7, 11) is 0. The maximum absolute atomic E-state index is 10.00. The molecule has 1 radical (unpaired) electrons. The SMILES string of the molecule is CC(=N[N-]C(=[OH+])c1cccnc1)c1cccc(C(C)=N[N-]C(=[OH+])c2cccnc2)n1.[Cu+2]. The molecule has 0 spiro atoms. The number of hydrogen-bond acceptors (Lipinski definition) is 5. The summed E-state index contributed by atoms with van der Waals surface area (Å²) in [5, 5.41) is 8.07. The quantitative estimate of drug-likeness (QED) is 0.240. The Morgan fingerprint density at radius 2 is 1.19 bits per heavy atom. The van der Waals surface area contributed by atoms with Gasteiger partial charge in [-0.1, -0.05) is 6.07 Å². The summed E-state index contributed by atoms with van der Waals surface area (Å²) in [6, 6.07) is 12.1. The van der Waals surface area contributed by atoms with Crippen molar-refractivity contribution < 1.29 is 26.7 Å². The van der Waals surface area contributed by atoms with Gasteiger partial charge < -0.3 is 21.1 Å². The molecule has 2 N–H and O–H groups in total. The number of carbonyl (C=O) groups excluding carboxylic acids is 2. The number of hydrogen-bond donors (Lipinski definition) is 0. The summed E-state index contributed by atoms with van der Waals surface area (Å²) < 4.78 is 0. The number of aromatic nitrogens is 3. The standard InChI is InChI=1S/C21H19N7O2.Cu/c1-14(25-27-20(29)16-6-4-10-22-12-16)18-8-3-9-19(24-18)15(2)26-28-21(30)17-7-5-11-23-13-17;/h3-13H,1-2H3,(H2,24,27,28,29,30);/q;+2. The molecule has 0 saturated heterocycles. The third-order valence-electron chi connectivity index (χ3n) is 3.92. The van der Waals surface area contributed by atoms with E-state index in [1.54, 1.807) is 68.7 Å². The zero-order valence-electron chi connectivity index (χ0n) is 16.7. The summed E-state index contributed by atoms with van der Waals surface area (Å²) in [6.45, 7) is 3.45. The topological polar surface area (TPSA) is 134 Å². The molecule has 0 aliphatic rings. The Labute approximate surface area is 189 Å². The molecule has 0 bridgehead atoms. The van der Waals surface area contributed by atoms with Gasteiger partial charge in [0.05, 0.1) is 22.5 Å². The van der Waals surface area contributed by atoms with E-state index in [2.05, 4.69) is 36.0 Å². The van der Waals surface area contributed by atoms with Crippen molar-refractivity contribution in [2.75, 3.05) is 0 Å². The largest absolute Gasteiger partial charge is 2.00 e. The minimum absolute atomic E-state index is 0. The molecule has 9 nitrogen and oxygen atoms in total. The van der Waals surface area contributed by atoms with Crippen molar-refractivity contribution in [3.63, 3.8) is 0 Å². The molecule has 3 aromatic heterocycles. The molecule has 0 aliphatic carbocycles. The molecule has 159 valence electrons. The van der Waals surface area contributed by atoms with Crippen LogP contribution in [0.2, 0.25) is 0 Å². The molecule has 0 fully saturated rings. The number of amides is 2. The van der Waals surface area contributed by atoms with Crippen LogP contribution in [0.3, 0.4) is 0 Å². The van der Waals surface area contributed by atoms with E-state index in [0.29, 0.717) is 33.9 Å². The van der Waals surface area contributed by atoms with Crippen molar-refractivity contribution in [2.45, 2.75) is 13.8 Å². The predicted octanol–water partition coefficient (Wildman–Crippen LogP) is 3.17. The summed E-state index contributed by atoms with van der Waals surface area (Å²) in [6.07, 6.45) is 6.18. The van der Waals surface area contributed by atoms with Gasteiger partial charge in [-0.05, 0) is 50.2 Å². The van der Waals surface area contributed by atoms with Gasteiger partial charge >= 0.3 is 17.1 Å². The molecule has 2 amide bonds. The van der Waals surface area contributed by atoms with Crippen LogP contribution in [-0.2, 0) is 17.1 Å². The van der Waals surface area contributed by atoms with E-state index in [1.807, 2.05) is 0 Å². The van der Waals surface area contributed by atoms with E-state index >= 15 is 0 Å². The Kier molecular flexibility index (Phi) is 8.68. The van der Waals surface area contributed by atoms with Crippen LogP contribution in [0.4, 0.5) is 0 Å². The molecule has 3 rings (SSSR count). The van der Waals surface area contributed by atoms with Crippen LogP contribution < -0.4 is 0 Å². The van der Waals surface area contributed by atoms with Gasteiger partial charge in [-0.15, -0.1) is 0 Å². The average Bonchev–Trinajstić information content (AvgIpc) is 2.81. The van der Waals surface area contributed by atoms with Crippen LogP contribution in [0.5, 0.6) is 0 Å². The Morgan fingerprint density at radius 3 is 1.58 bits per heavy atom. The Morgan fingerprint density at radius 1 is 0.742 bits per heavy atom. The van der Waals surface area contributed by atoms with Crippen molar-refractivity contribution in [2.24, 2.45) is 10.2 Å². The molecular weight excluding hydrogens is 446 g/mol. The van der Waals surface area contributed by atoms with Gasteiger partial charge in [0.25, 0.3) is 11.8 Å². The van der Waals surface area contributed by atoms with E-state index in [0.717, 1.165) is 0 Å². The number of pyridine rings is 3. The normalized spacial score (nSPS) is 11.3. The number of nitrogens with zero attached hydrogens (tertiary/aromatic N) is 7. The summed E-state index contributed by atoms with van der Waals surface area (Å²) in [5.74, 6) is -0.479. The first-order valence-electron chi connectivity index (χ1n) is 8.95. The first-order chi connectivity index (χ1) is 14.5. The fourth-order valence-electron chi connectivity index (χ4n) is 2.29. The summed E-state index contributed by atoms with van der Waals surface area (Å²) in [4.78, 5) is 32.3. The molecule has 3 heterocycles. The van der Waals surface area contributed by atoms with E-state index in [-0.39, 0.29) is 28.9 Å². The van der Waals surface area contributed by atoms with Gasteiger partial charge in [-0.2, -0.15) is 0 Å². The molecular formula is C21H19CuN7O2+2. The minimum atomic E-state index is -0.239. The molecule has 0 saturated carbocycles. The van der Waals surface area contributed by atoms with Crippen molar-refractivity contribution in [1.29, 1.82) is 0 Å². The van der Waals surface area contributed by atoms with Gasteiger partial charge in [-0.25, -0.2) is 4.98 Å². The first kappa shape index (κ1) is 23.5. The van der Waals surface area contributed by atoms with Gasteiger partial charge in [0, 0.05) is 36.2 Å². The third-order valence-corrected chi connectivity index (χ3v) is 3.92. The van der Waals surface area contributed by atoms with E-state index in [9.17, 15) is 9.59 Å². The van der Waals surface area contributed by atoms with Crippen molar-refractivity contribution in [3.8, 4) is 0 Å². The van der Waals surface area contributed by atoms with E-state index in [1.165, 1.54) is 12.4 Å². The van der Waals surface area contributed by atoms with Crippen molar-refractivity contribution >= 4 is 23.2 Å². The van der Waals surface area contributed by atoms with Crippen LogP contribution in [0.1, 0.15) is 36.4 Å². The van der Waals surface area contributed by atoms with Crippen LogP contribution >= 0.6 is 0 Å². The minimum Gasteiger partial charge on any atom is -0.490 e. The Balaban J connectivity index is 0.00000341. The van der Waals surface area contributed by atoms with E-state index < -0.39 is 0 Å². The van der Waals surface area contributed by atoms with Crippen LogP contribution in [0.15, 0.2) is 77.5 Å². The van der Waals surface area contributed by atoms with Gasteiger partial charge in [0.15, 0.2) is 0 Å². The van der Waals surface area contributed by atoms with Crippen LogP contribution in [0, 0.1) is 0 Å². The first-order valence-corrected chi connectivity index (χ1v) is 8.95. The Hall–Kier alpha value is -3.75. The summed E-state index contributed by atoms with van der Waals surface area (Å²) in [5.41, 5.74) is 10.7. The molecule has 31 heavy (non-hydrogen) atoms. The summed E-state index contributed by atoms with van der Waals surface area (Å²) >= 11 is 0. The van der Waals surface area contributed by atoms with Gasteiger partial charge in [0.1, 0.15) is 0 Å². The average molecular weight is 465 g/mol. The monoisotopic (exact) mass is 464 g/mol. The molecule has 0 aromatic carbocycles. The zero-order chi connectivity index (χ0) is 21.3. The van der Waals surface area contributed by atoms with Gasteiger partial charge in [0.2, 0.25) is 0 Å². The predicted molar refractivity (Wildman–Crippen MR) is 116 cm³/mol. The third kappa shape index (κ3) is 6.63. The number of rotatable bonds is 6. The molecule has 10 heteroatoms. The maximum Gasteiger partial charge on any atom is 2.00 e. The Bertz CT molecular complexity index is 1020. The maximum atomic E-state index is 10.00. The second kappa shape index (κ2) is 11.4. The fourth-order valence-corrected chi connectivity index (χ4v) is 2.29. The molecule has 0 atom stereocenters. The van der Waals surface area contributed by atoms with Crippen LogP contribution in [-0.4, -0.2) is 47.8 Å². The van der Waals surface area contributed by atoms with Crippen LogP contribution in [0.25, 0.3) is 10.9 Å². The van der Waals surface area contributed by atoms with Crippen molar-refractivity contribution in [1.82, 2.24) is 15.0 Å². The zero-order valence-corrected chi connectivity index (χ0v) is 17.6. The second-order valence-electron chi connectivity index (χ2n) is 6.11. The molecule has 3 aromatic rings. The van der Waals surface area contributed by atoms with Gasteiger partial charge in [-0.3, -0.25) is 19.6 Å².